The third kappa shape index (κ3) is 3.64. The van der Waals surface area contributed by atoms with Crippen LogP contribution in [0.15, 0.2) is 71.2 Å². The number of nitriles is 1. The fourth-order valence-corrected chi connectivity index (χ4v) is 5.44. The summed E-state index contributed by atoms with van der Waals surface area (Å²) in [4.78, 5) is 29.8. The Morgan fingerprint density at radius 1 is 1.06 bits per heavy atom. The molecule has 6 nitrogen and oxygen atoms in total. The van der Waals surface area contributed by atoms with E-state index in [1.54, 1.807) is 29.2 Å². The molecule has 0 aromatic heterocycles. The number of urea groups is 1. The first kappa shape index (κ1) is 22.2. The Labute approximate surface area is 206 Å². The summed E-state index contributed by atoms with van der Waals surface area (Å²) in [6, 6.07) is 21.4. The molecule has 2 aliphatic heterocycles. The maximum Gasteiger partial charge on any atom is 0.332 e. The van der Waals surface area contributed by atoms with Crippen LogP contribution in [-0.4, -0.2) is 22.9 Å². The van der Waals surface area contributed by atoms with Crippen molar-refractivity contribution >= 4 is 33.6 Å². The normalized spacial score (nSPS) is 19.0. The van der Waals surface area contributed by atoms with Crippen LogP contribution < -0.4 is 9.64 Å². The number of amides is 3. The third-order valence-corrected chi connectivity index (χ3v) is 7.34. The van der Waals surface area contributed by atoms with Crippen molar-refractivity contribution in [2.75, 3.05) is 4.90 Å². The second kappa shape index (κ2) is 8.96. The largest absolute Gasteiger partial charge is 0.488 e. The number of nitrogens with zero attached hydrogens (tertiary/aromatic N) is 3. The molecule has 7 heteroatoms. The van der Waals surface area contributed by atoms with Gasteiger partial charge < -0.3 is 9.64 Å². The van der Waals surface area contributed by atoms with Gasteiger partial charge in [0.15, 0.2) is 0 Å². The number of ether oxygens (including phenoxy) is 1. The second-order valence-corrected chi connectivity index (χ2v) is 9.18. The van der Waals surface area contributed by atoms with E-state index in [9.17, 15) is 9.59 Å². The van der Waals surface area contributed by atoms with E-state index in [4.69, 9.17) is 10.00 Å². The molecule has 0 bridgehead atoms. The lowest BCUT2D eigenvalue weighted by Gasteiger charge is -2.37. The molecule has 0 aliphatic carbocycles. The van der Waals surface area contributed by atoms with Gasteiger partial charge in [-0.2, -0.15) is 5.26 Å². The quantitative estimate of drug-likeness (QED) is 0.405. The van der Waals surface area contributed by atoms with Crippen LogP contribution in [-0.2, 0) is 17.8 Å². The third-order valence-electron chi connectivity index (χ3n) is 6.47. The lowest BCUT2D eigenvalue weighted by molar-refractivity contribution is -0.120. The summed E-state index contributed by atoms with van der Waals surface area (Å²) >= 11 is 3.72. The molecular weight excluding hydrogens is 494 g/mol. The Morgan fingerprint density at radius 3 is 2.47 bits per heavy atom. The number of para-hydroxylation sites is 1. The monoisotopic (exact) mass is 515 g/mol. The van der Waals surface area contributed by atoms with Crippen molar-refractivity contribution in [3.63, 3.8) is 0 Å². The standard InChI is InChI=1S/C27H22BrN3O3/c1-2-22-20-12-13-24(34-16-18-10-8-17(15-29)9-11-18)25(28)21(20)14-23-26(32)30(27(33)31(22)23)19-6-4-3-5-7-19/h3-13,22-23H,2,14,16H2,1H3/t22?,23-/m0/s1. The molecule has 34 heavy (non-hydrogen) atoms. The van der Waals surface area contributed by atoms with Crippen LogP contribution in [0.1, 0.15) is 41.6 Å². The minimum Gasteiger partial charge on any atom is -0.488 e. The predicted molar refractivity (Wildman–Crippen MR) is 131 cm³/mol. The highest BCUT2D eigenvalue weighted by molar-refractivity contribution is 9.10. The number of fused-ring (bicyclic) bond motifs is 2. The van der Waals surface area contributed by atoms with Gasteiger partial charge in [0, 0.05) is 6.42 Å². The van der Waals surface area contributed by atoms with Gasteiger partial charge in [0.1, 0.15) is 18.4 Å². The Hall–Kier alpha value is -3.63. The number of anilines is 1. The Balaban J connectivity index is 1.44. The van der Waals surface area contributed by atoms with Crippen LogP contribution in [0.4, 0.5) is 10.5 Å². The first-order valence-electron chi connectivity index (χ1n) is 11.2. The maximum atomic E-state index is 13.4. The van der Waals surface area contributed by atoms with Crippen LogP contribution in [0.25, 0.3) is 0 Å². The molecule has 1 fully saturated rings. The SMILES string of the molecule is CCC1c2ccc(OCc3ccc(C#N)cc3)c(Br)c2C[C@H]2C(=O)N(c3ccccc3)C(=O)N12. The Kier molecular flexibility index (Phi) is 5.84. The zero-order chi connectivity index (χ0) is 23.8. The Bertz CT molecular complexity index is 1300. The molecule has 0 N–H and O–H groups in total. The fourth-order valence-electron chi connectivity index (χ4n) is 4.80. The summed E-state index contributed by atoms with van der Waals surface area (Å²) < 4.78 is 6.89. The van der Waals surface area contributed by atoms with Gasteiger partial charge in [0.2, 0.25) is 0 Å². The minimum absolute atomic E-state index is 0.192. The number of hydrogen-bond donors (Lipinski definition) is 0. The molecule has 170 valence electrons. The summed E-state index contributed by atoms with van der Waals surface area (Å²) in [5, 5.41) is 8.97. The average Bonchev–Trinajstić information content (AvgIpc) is 3.12. The van der Waals surface area contributed by atoms with Crippen LogP contribution in [0.3, 0.4) is 0 Å². The van der Waals surface area contributed by atoms with Gasteiger partial charge in [-0.1, -0.05) is 43.3 Å². The molecule has 3 amide bonds. The molecular formula is C27H22BrN3O3. The van der Waals surface area contributed by atoms with Crippen molar-refractivity contribution < 1.29 is 14.3 Å². The van der Waals surface area contributed by atoms with E-state index < -0.39 is 6.04 Å². The molecule has 5 rings (SSSR count). The van der Waals surface area contributed by atoms with Crippen molar-refractivity contribution in [2.45, 2.75) is 38.5 Å². The molecule has 0 spiro atoms. The van der Waals surface area contributed by atoms with Crippen LogP contribution in [0.5, 0.6) is 5.75 Å². The van der Waals surface area contributed by atoms with E-state index in [0.717, 1.165) is 21.2 Å². The average molecular weight is 516 g/mol. The number of carbonyl (C=O) groups is 2. The van der Waals surface area contributed by atoms with Crippen LogP contribution >= 0.6 is 15.9 Å². The van der Waals surface area contributed by atoms with E-state index in [2.05, 4.69) is 22.0 Å². The summed E-state index contributed by atoms with van der Waals surface area (Å²) in [7, 11) is 0. The van der Waals surface area contributed by atoms with Gasteiger partial charge in [0.25, 0.3) is 5.91 Å². The van der Waals surface area contributed by atoms with Crippen molar-refractivity contribution in [3.8, 4) is 11.8 Å². The molecule has 3 aromatic rings. The first-order valence-corrected chi connectivity index (χ1v) is 12.0. The second-order valence-electron chi connectivity index (χ2n) is 8.39. The van der Waals surface area contributed by atoms with Crippen molar-refractivity contribution in [1.29, 1.82) is 5.26 Å². The zero-order valence-electron chi connectivity index (χ0n) is 18.6. The minimum atomic E-state index is -0.546. The Morgan fingerprint density at radius 2 is 1.79 bits per heavy atom. The number of halogens is 1. The van der Waals surface area contributed by atoms with Gasteiger partial charge in [-0.05, 0) is 69.4 Å². The number of benzene rings is 3. The number of carbonyl (C=O) groups excluding carboxylic acids is 2. The maximum absolute atomic E-state index is 13.4. The van der Waals surface area contributed by atoms with E-state index in [-0.39, 0.29) is 18.0 Å². The lowest BCUT2D eigenvalue weighted by Crippen LogP contribution is -2.43. The summed E-state index contributed by atoms with van der Waals surface area (Å²) in [6.07, 6.45) is 1.12. The molecule has 2 aliphatic rings. The smallest absolute Gasteiger partial charge is 0.332 e. The molecule has 0 saturated carbocycles. The van der Waals surface area contributed by atoms with Gasteiger partial charge in [-0.25, -0.2) is 9.69 Å². The number of hydrogen-bond acceptors (Lipinski definition) is 4. The van der Waals surface area contributed by atoms with Crippen LogP contribution in [0, 0.1) is 11.3 Å². The lowest BCUT2D eigenvalue weighted by atomic mass is 9.87. The molecule has 0 radical (unpaired) electrons. The molecule has 1 unspecified atom stereocenters. The topological polar surface area (TPSA) is 73.6 Å². The fraction of sp³-hybridized carbons (Fsp3) is 0.222. The van der Waals surface area contributed by atoms with Gasteiger partial charge in [-0.15, -0.1) is 0 Å². The van der Waals surface area contributed by atoms with Crippen LogP contribution in [0.2, 0.25) is 0 Å². The summed E-state index contributed by atoms with van der Waals surface area (Å²) in [5.41, 5.74) is 4.19. The molecule has 3 aromatic carbocycles. The number of imide groups is 1. The van der Waals surface area contributed by atoms with Gasteiger partial charge in [-0.3, -0.25) is 4.79 Å². The molecule has 2 atom stereocenters. The molecule has 1 saturated heterocycles. The van der Waals surface area contributed by atoms with E-state index in [1.165, 1.54) is 4.90 Å². The van der Waals surface area contributed by atoms with E-state index in [1.807, 2.05) is 49.4 Å². The predicted octanol–water partition coefficient (Wildman–Crippen LogP) is 5.74. The summed E-state index contributed by atoms with van der Waals surface area (Å²) in [6.45, 7) is 2.39. The highest BCUT2D eigenvalue weighted by Gasteiger charge is 2.51. The first-order chi connectivity index (χ1) is 16.5. The molecule has 2 heterocycles. The highest BCUT2D eigenvalue weighted by Crippen LogP contribution is 2.45. The van der Waals surface area contributed by atoms with Crippen molar-refractivity contribution in [2.24, 2.45) is 0 Å². The van der Waals surface area contributed by atoms with E-state index >= 15 is 0 Å². The zero-order valence-corrected chi connectivity index (χ0v) is 20.2. The summed E-state index contributed by atoms with van der Waals surface area (Å²) in [5.74, 6) is 0.485. The number of rotatable bonds is 5. The highest BCUT2D eigenvalue weighted by atomic mass is 79.9. The van der Waals surface area contributed by atoms with Gasteiger partial charge in [0.05, 0.1) is 27.8 Å². The van der Waals surface area contributed by atoms with E-state index in [0.29, 0.717) is 36.4 Å². The van der Waals surface area contributed by atoms with Crippen molar-refractivity contribution in [3.05, 3.63) is 93.5 Å². The van der Waals surface area contributed by atoms with Gasteiger partial charge >= 0.3 is 6.03 Å². The van der Waals surface area contributed by atoms with Crippen molar-refractivity contribution in [1.82, 2.24) is 4.90 Å².